The highest BCUT2D eigenvalue weighted by molar-refractivity contribution is 9.10. The average Bonchev–Trinajstić information content (AvgIpc) is 2.72. The molecular weight excluding hydrogens is 342 g/mol. The van der Waals surface area contributed by atoms with E-state index in [4.69, 9.17) is 22.1 Å². The lowest BCUT2D eigenvalue weighted by molar-refractivity contribution is 0.294. The van der Waals surface area contributed by atoms with Gasteiger partial charge in [-0.1, -0.05) is 34.5 Å². The molecule has 0 atom stereocenters. The lowest BCUT2D eigenvalue weighted by Gasteiger charge is -2.09. The maximum Gasteiger partial charge on any atom is 0.131 e. The van der Waals surface area contributed by atoms with Crippen molar-refractivity contribution in [2.45, 2.75) is 26.5 Å². The molecule has 0 fully saturated rings. The first-order valence-corrected chi connectivity index (χ1v) is 7.55. The molecule has 2 N–H and O–H groups in total. The summed E-state index contributed by atoms with van der Waals surface area (Å²) in [5.74, 6) is 0.768. The standard InChI is InChI=1S/C14H17BrClN3O/c1-3-12-14(16)13(19(2)18-12)8-20-10-4-5-11(15)9(6-10)7-17/h4-6H,3,7-8,17H2,1-2H3. The first kappa shape index (κ1) is 15.4. The zero-order valence-electron chi connectivity index (χ0n) is 11.5. The van der Waals surface area contributed by atoms with Crippen LogP contribution in [0.2, 0.25) is 5.02 Å². The number of benzene rings is 1. The summed E-state index contributed by atoms with van der Waals surface area (Å²) in [6, 6.07) is 5.75. The van der Waals surface area contributed by atoms with Crippen molar-refractivity contribution in [3.8, 4) is 5.75 Å². The molecule has 4 nitrogen and oxygen atoms in total. The summed E-state index contributed by atoms with van der Waals surface area (Å²) in [7, 11) is 1.87. The second-order valence-electron chi connectivity index (χ2n) is 4.43. The highest BCUT2D eigenvalue weighted by Gasteiger charge is 2.13. The predicted octanol–water partition coefficient (Wildman–Crippen LogP) is 3.44. The molecule has 1 aromatic carbocycles. The topological polar surface area (TPSA) is 53.1 Å². The van der Waals surface area contributed by atoms with Crippen LogP contribution in [-0.4, -0.2) is 9.78 Å². The van der Waals surface area contributed by atoms with E-state index < -0.39 is 0 Å². The van der Waals surface area contributed by atoms with Gasteiger partial charge in [0.25, 0.3) is 0 Å². The van der Waals surface area contributed by atoms with Gasteiger partial charge in [-0.3, -0.25) is 4.68 Å². The Bertz CT molecular complexity index is 613. The third-order valence-electron chi connectivity index (χ3n) is 3.12. The van der Waals surface area contributed by atoms with Crippen molar-refractivity contribution >= 4 is 27.5 Å². The Balaban J connectivity index is 2.15. The van der Waals surface area contributed by atoms with E-state index in [1.165, 1.54) is 0 Å². The molecule has 108 valence electrons. The number of halogens is 2. The number of nitrogens with zero attached hydrogens (tertiary/aromatic N) is 2. The molecule has 0 unspecified atom stereocenters. The minimum absolute atomic E-state index is 0.383. The third kappa shape index (κ3) is 3.16. The molecule has 0 spiro atoms. The van der Waals surface area contributed by atoms with Gasteiger partial charge in [-0.05, 0) is 30.2 Å². The quantitative estimate of drug-likeness (QED) is 0.891. The molecule has 0 bridgehead atoms. The zero-order valence-corrected chi connectivity index (χ0v) is 13.8. The fraction of sp³-hybridized carbons (Fsp3) is 0.357. The van der Waals surface area contributed by atoms with E-state index in [2.05, 4.69) is 21.0 Å². The van der Waals surface area contributed by atoms with Crippen LogP contribution in [-0.2, 0) is 26.6 Å². The molecule has 2 rings (SSSR count). The normalized spacial score (nSPS) is 10.8. The van der Waals surface area contributed by atoms with Crippen molar-refractivity contribution in [3.63, 3.8) is 0 Å². The summed E-state index contributed by atoms with van der Waals surface area (Å²) >= 11 is 9.74. The van der Waals surface area contributed by atoms with Crippen LogP contribution in [0.1, 0.15) is 23.9 Å². The third-order valence-corrected chi connectivity index (χ3v) is 4.33. The van der Waals surface area contributed by atoms with Crippen LogP contribution in [0.25, 0.3) is 0 Å². The van der Waals surface area contributed by atoms with E-state index in [0.717, 1.165) is 33.6 Å². The second-order valence-corrected chi connectivity index (χ2v) is 5.66. The van der Waals surface area contributed by atoms with Gasteiger partial charge in [-0.2, -0.15) is 5.10 Å². The molecule has 0 aliphatic rings. The molecule has 0 radical (unpaired) electrons. The SMILES string of the molecule is CCc1nn(C)c(COc2ccc(Br)c(CN)c2)c1Cl. The van der Waals surface area contributed by atoms with Gasteiger partial charge in [-0.25, -0.2) is 0 Å². The summed E-state index contributed by atoms with van der Waals surface area (Å²) in [6.45, 7) is 2.87. The Morgan fingerprint density at radius 2 is 2.20 bits per heavy atom. The summed E-state index contributed by atoms with van der Waals surface area (Å²) < 4.78 is 8.54. The van der Waals surface area contributed by atoms with Crippen LogP contribution >= 0.6 is 27.5 Å². The summed E-state index contributed by atoms with van der Waals surface area (Å²) in [5.41, 5.74) is 8.45. The number of ether oxygens (including phenoxy) is 1. The maximum absolute atomic E-state index is 6.29. The van der Waals surface area contributed by atoms with Crippen LogP contribution in [0, 0.1) is 0 Å². The minimum atomic E-state index is 0.383. The maximum atomic E-state index is 6.29. The first-order valence-electron chi connectivity index (χ1n) is 6.38. The number of aromatic nitrogens is 2. The van der Waals surface area contributed by atoms with Crippen molar-refractivity contribution in [1.82, 2.24) is 9.78 Å². The van der Waals surface area contributed by atoms with E-state index in [1.54, 1.807) is 4.68 Å². The Labute approximate surface area is 132 Å². The second kappa shape index (κ2) is 6.61. The summed E-state index contributed by atoms with van der Waals surface area (Å²) in [6.07, 6.45) is 0.808. The van der Waals surface area contributed by atoms with Gasteiger partial charge in [0.15, 0.2) is 0 Å². The molecule has 6 heteroatoms. The Hall–Kier alpha value is -1.04. The van der Waals surface area contributed by atoms with Gasteiger partial charge in [0.05, 0.1) is 16.4 Å². The molecule has 0 saturated heterocycles. The van der Waals surface area contributed by atoms with Crippen LogP contribution in [0.3, 0.4) is 0 Å². The van der Waals surface area contributed by atoms with Gasteiger partial charge >= 0.3 is 0 Å². The smallest absolute Gasteiger partial charge is 0.131 e. The van der Waals surface area contributed by atoms with Crippen LogP contribution in [0.15, 0.2) is 22.7 Å². The number of nitrogens with two attached hydrogens (primary N) is 1. The molecule has 1 aromatic heterocycles. The molecule has 1 heterocycles. The fourth-order valence-electron chi connectivity index (χ4n) is 1.93. The highest BCUT2D eigenvalue weighted by Crippen LogP contribution is 2.25. The molecule has 0 aliphatic heterocycles. The van der Waals surface area contributed by atoms with Crippen LogP contribution < -0.4 is 10.5 Å². The number of hydrogen-bond donors (Lipinski definition) is 1. The van der Waals surface area contributed by atoms with Gasteiger partial charge < -0.3 is 10.5 Å². The van der Waals surface area contributed by atoms with Crippen LogP contribution in [0.5, 0.6) is 5.75 Å². The Morgan fingerprint density at radius 1 is 1.45 bits per heavy atom. The largest absolute Gasteiger partial charge is 0.487 e. The molecule has 20 heavy (non-hydrogen) atoms. The van der Waals surface area contributed by atoms with E-state index in [9.17, 15) is 0 Å². The molecule has 2 aromatic rings. The fourth-order valence-corrected chi connectivity index (χ4v) is 2.68. The zero-order chi connectivity index (χ0) is 14.7. The predicted molar refractivity (Wildman–Crippen MR) is 84.0 cm³/mol. The van der Waals surface area contributed by atoms with Crippen molar-refractivity contribution < 1.29 is 4.74 Å². The number of hydrogen-bond acceptors (Lipinski definition) is 3. The molecule has 0 amide bonds. The number of aryl methyl sites for hydroxylation is 2. The van der Waals surface area contributed by atoms with Crippen molar-refractivity contribution in [3.05, 3.63) is 44.6 Å². The van der Waals surface area contributed by atoms with E-state index in [-0.39, 0.29) is 0 Å². The molecule has 0 saturated carbocycles. The van der Waals surface area contributed by atoms with Gasteiger partial charge in [-0.15, -0.1) is 0 Å². The minimum Gasteiger partial charge on any atom is -0.487 e. The highest BCUT2D eigenvalue weighted by atomic mass is 79.9. The molecule has 0 aliphatic carbocycles. The lowest BCUT2D eigenvalue weighted by atomic mass is 10.2. The molecular formula is C14H17BrClN3O. The number of rotatable bonds is 5. The first-order chi connectivity index (χ1) is 9.56. The summed E-state index contributed by atoms with van der Waals surface area (Å²) in [4.78, 5) is 0. The van der Waals surface area contributed by atoms with Gasteiger partial charge in [0, 0.05) is 18.1 Å². The Kier molecular flexibility index (Phi) is 5.07. The van der Waals surface area contributed by atoms with Gasteiger partial charge in [0.1, 0.15) is 12.4 Å². The lowest BCUT2D eigenvalue weighted by Crippen LogP contribution is -2.04. The Morgan fingerprint density at radius 3 is 2.80 bits per heavy atom. The van der Waals surface area contributed by atoms with Gasteiger partial charge in [0.2, 0.25) is 0 Å². The monoisotopic (exact) mass is 357 g/mol. The van der Waals surface area contributed by atoms with Crippen LogP contribution in [0.4, 0.5) is 0 Å². The van der Waals surface area contributed by atoms with Crippen molar-refractivity contribution in [2.75, 3.05) is 0 Å². The van der Waals surface area contributed by atoms with Crippen molar-refractivity contribution in [1.29, 1.82) is 0 Å². The van der Waals surface area contributed by atoms with E-state index >= 15 is 0 Å². The van der Waals surface area contributed by atoms with E-state index in [0.29, 0.717) is 18.2 Å². The van der Waals surface area contributed by atoms with Crippen molar-refractivity contribution in [2.24, 2.45) is 12.8 Å². The van der Waals surface area contributed by atoms with E-state index in [1.807, 2.05) is 32.2 Å². The summed E-state index contributed by atoms with van der Waals surface area (Å²) in [5, 5.41) is 5.05. The average molecular weight is 359 g/mol.